The van der Waals surface area contributed by atoms with Gasteiger partial charge < -0.3 is 9.80 Å². The van der Waals surface area contributed by atoms with E-state index < -0.39 is 0 Å². The lowest BCUT2D eigenvalue weighted by Crippen LogP contribution is -2.29. The van der Waals surface area contributed by atoms with Crippen LogP contribution in [-0.4, -0.2) is 29.8 Å². The average Bonchev–Trinajstić information content (AvgIpc) is 3.49. The van der Waals surface area contributed by atoms with E-state index in [1.165, 1.54) is 36.9 Å². The molecule has 0 radical (unpaired) electrons. The number of pyridine rings is 2. The smallest absolute Gasteiger partial charge is 0.133 e. The Morgan fingerprint density at radius 1 is 0.923 bits per heavy atom. The molecule has 200 valence electrons. The minimum Gasteiger partial charge on any atom is -0.363 e. The molecule has 5 heteroatoms. The summed E-state index contributed by atoms with van der Waals surface area (Å²) in [5.41, 5.74) is 6.89. The Hall–Kier alpha value is -3.99. The van der Waals surface area contributed by atoms with E-state index in [2.05, 4.69) is 95.1 Å². The first-order valence-electron chi connectivity index (χ1n) is 14.0. The number of nitrogens with zero attached hydrogens (tertiary/aromatic N) is 5. The lowest BCUT2D eigenvalue weighted by atomic mass is 9.81. The van der Waals surface area contributed by atoms with Crippen molar-refractivity contribution in [3.8, 4) is 11.1 Å². The van der Waals surface area contributed by atoms with Crippen molar-refractivity contribution in [1.82, 2.24) is 9.97 Å². The lowest BCUT2D eigenvalue weighted by Gasteiger charge is -2.35. The number of anilines is 2. The highest BCUT2D eigenvalue weighted by Gasteiger charge is 2.25. The topological polar surface area (TPSA) is 44.6 Å². The molecule has 1 saturated carbocycles. The Morgan fingerprint density at radius 2 is 1.69 bits per heavy atom. The summed E-state index contributed by atoms with van der Waals surface area (Å²) in [7, 11) is 4.01. The number of aromatic nitrogens is 2. The molecule has 0 bridgehead atoms. The molecule has 0 atom stereocenters. The van der Waals surface area contributed by atoms with E-state index in [1.54, 1.807) is 0 Å². The van der Waals surface area contributed by atoms with Gasteiger partial charge in [0.05, 0.1) is 0 Å². The van der Waals surface area contributed by atoms with Crippen LogP contribution in [0.15, 0.2) is 96.5 Å². The normalized spacial score (nSPS) is 18.8. The van der Waals surface area contributed by atoms with Gasteiger partial charge in [0.1, 0.15) is 11.6 Å². The zero-order chi connectivity index (χ0) is 27.2. The van der Waals surface area contributed by atoms with Gasteiger partial charge in [0.15, 0.2) is 0 Å². The van der Waals surface area contributed by atoms with Gasteiger partial charge in [-0.15, -0.1) is 0 Å². The Morgan fingerprint density at radius 3 is 2.36 bits per heavy atom. The van der Waals surface area contributed by atoms with Crippen molar-refractivity contribution in [1.29, 1.82) is 0 Å². The van der Waals surface area contributed by atoms with Crippen LogP contribution < -0.4 is 9.80 Å². The second-order valence-corrected chi connectivity index (χ2v) is 11.0. The maximum atomic E-state index is 4.81. The number of hydrogen-bond acceptors (Lipinski definition) is 5. The molecule has 0 unspecified atom stereocenters. The molecule has 2 aromatic heterocycles. The summed E-state index contributed by atoms with van der Waals surface area (Å²) in [5, 5.41) is 0. The molecule has 1 aliphatic carbocycles. The largest absolute Gasteiger partial charge is 0.363 e. The molecular weight excluding hydrogens is 478 g/mol. The fourth-order valence-electron chi connectivity index (χ4n) is 5.31. The van der Waals surface area contributed by atoms with Crippen LogP contribution in [-0.2, 0) is 6.54 Å². The summed E-state index contributed by atoms with van der Waals surface area (Å²) in [6, 6.07) is 17.2. The summed E-state index contributed by atoms with van der Waals surface area (Å²) in [6.45, 7) is 7.73. The van der Waals surface area contributed by atoms with E-state index >= 15 is 0 Å². The van der Waals surface area contributed by atoms with Gasteiger partial charge in [0.2, 0.25) is 0 Å². The fraction of sp³-hybridized carbons (Fsp3) is 0.324. The van der Waals surface area contributed by atoms with Crippen LogP contribution in [0.1, 0.15) is 50.2 Å². The highest BCUT2D eigenvalue weighted by Crippen LogP contribution is 2.36. The van der Waals surface area contributed by atoms with Gasteiger partial charge in [-0.2, -0.15) is 0 Å². The van der Waals surface area contributed by atoms with Gasteiger partial charge >= 0.3 is 0 Å². The quantitative estimate of drug-likeness (QED) is 0.289. The third-order valence-corrected chi connectivity index (χ3v) is 7.85. The first kappa shape index (κ1) is 26.6. The number of rotatable bonds is 9. The summed E-state index contributed by atoms with van der Waals surface area (Å²) in [5.74, 6) is 3.19. The Kier molecular flexibility index (Phi) is 8.36. The van der Waals surface area contributed by atoms with Crippen LogP contribution >= 0.6 is 0 Å². The summed E-state index contributed by atoms with van der Waals surface area (Å²) in [6.07, 6.45) is 17.8. The highest BCUT2D eigenvalue weighted by atomic mass is 15.2. The van der Waals surface area contributed by atoms with Crippen molar-refractivity contribution in [3.63, 3.8) is 0 Å². The molecule has 1 aromatic carbocycles. The zero-order valence-electron chi connectivity index (χ0n) is 23.4. The van der Waals surface area contributed by atoms with Gasteiger partial charge in [-0.3, -0.25) is 4.99 Å². The van der Waals surface area contributed by atoms with E-state index in [0.717, 1.165) is 52.9 Å². The molecule has 3 heterocycles. The van der Waals surface area contributed by atoms with Gasteiger partial charge in [-0.1, -0.05) is 62.8 Å². The van der Waals surface area contributed by atoms with Crippen molar-refractivity contribution in [2.45, 2.75) is 45.6 Å². The Balaban J connectivity index is 1.38. The SMILES string of the molecule is C=C(C1CCC(C)CC1)N(Cc1ccc(-c2ccc(N(C)C)nc2)cc1)c1cc(/C=C/C2=NC=CC2)ccn1. The number of benzene rings is 1. The van der Waals surface area contributed by atoms with Gasteiger partial charge in [-0.05, 0) is 71.7 Å². The van der Waals surface area contributed by atoms with E-state index in [1.807, 2.05) is 37.6 Å². The van der Waals surface area contributed by atoms with E-state index in [0.29, 0.717) is 5.92 Å². The molecule has 1 aliphatic heterocycles. The summed E-state index contributed by atoms with van der Waals surface area (Å²) in [4.78, 5) is 18.1. The minimum atomic E-state index is 0.488. The third-order valence-electron chi connectivity index (χ3n) is 7.85. The molecular formula is C34H39N5. The zero-order valence-corrected chi connectivity index (χ0v) is 23.4. The standard InChI is InChI=1S/C34H39N5/c1-25-7-12-29(13-8-25)26(2)39(34-22-27(19-21-36-34)11-17-32-6-5-20-35-32)24-28-9-14-30(15-10-28)31-16-18-33(37-23-31)38(3)4/h5,9-11,14-23,25,29H,2,6-8,12-13,24H2,1,3-4H3/b17-11+. The predicted molar refractivity (Wildman–Crippen MR) is 165 cm³/mol. The van der Waals surface area contributed by atoms with Crippen LogP contribution in [0.3, 0.4) is 0 Å². The number of aliphatic imine (C=N–C) groups is 1. The van der Waals surface area contributed by atoms with Crippen LogP contribution in [0.5, 0.6) is 0 Å². The molecule has 1 fully saturated rings. The van der Waals surface area contributed by atoms with Gasteiger partial charge in [0, 0.05) is 62.6 Å². The summed E-state index contributed by atoms with van der Waals surface area (Å²) < 4.78 is 0. The lowest BCUT2D eigenvalue weighted by molar-refractivity contribution is 0.316. The number of hydrogen-bond donors (Lipinski definition) is 0. The average molecular weight is 518 g/mol. The summed E-state index contributed by atoms with van der Waals surface area (Å²) >= 11 is 0. The molecule has 0 saturated heterocycles. The minimum absolute atomic E-state index is 0.488. The Bertz CT molecular complexity index is 1360. The van der Waals surface area contributed by atoms with Crippen molar-refractivity contribution in [2.24, 2.45) is 16.8 Å². The van der Waals surface area contributed by atoms with E-state index in [-0.39, 0.29) is 0 Å². The first-order valence-corrected chi connectivity index (χ1v) is 14.0. The van der Waals surface area contributed by atoms with Crippen LogP contribution in [0.2, 0.25) is 0 Å². The fourth-order valence-corrected chi connectivity index (χ4v) is 5.31. The van der Waals surface area contributed by atoms with Crippen molar-refractivity contribution in [3.05, 3.63) is 103 Å². The monoisotopic (exact) mass is 517 g/mol. The molecule has 2 aliphatic rings. The Labute approximate surface area is 233 Å². The van der Waals surface area contributed by atoms with Crippen LogP contribution in [0.25, 0.3) is 17.2 Å². The maximum absolute atomic E-state index is 4.81. The molecule has 5 rings (SSSR count). The van der Waals surface area contributed by atoms with Crippen molar-refractivity contribution in [2.75, 3.05) is 23.9 Å². The molecule has 0 spiro atoms. The van der Waals surface area contributed by atoms with Crippen molar-refractivity contribution >= 4 is 23.4 Å². The van der Waals surface area contributed by atoms with Crippen molar-refractivity contribution < 1.29 is 0 Å². The molecule has 3 aromatic rings. The second kappa shape index (κ2) is 12.2. The first-order chi connectivity index (χ1) is 19.0. The molecule has 39 heavy (non-hydrogen) atoms. The van der Waals surface area contributed by atoms with Gasteiger partial charge in [0.25, 0.3) is 0 Å². The molecule has 0 N–H and O–H groups in total. The van der Waals surface area contributed by atoms with Gasteiger partial charge in [-0.25, -0.2) is 9.97 Å². The molecule has 5 nitrogen and oxygen atoms in total. The van der Waals surface area contributed by atoms with Crippen LogP contribution in [0, 0.1) is 11.8 Å². The predicted octanol–water partition coefficient (Wildman–Crippen LogP) is 7.93. The highest BCUT2D eigenvalue weighted by molar-refractivity contribution is 6.00. The second-order valence-electron chi connectivity index (χ2n) is 11.0. The number of allylic oxidation sites excluding steroid dienone is 3. The van der Waals surface area contributed by atoms with E-state index in [4.69, 9.17) is 4.98 Å². The maximum Gasteiger partial charge on any atom is 0.133 e. The molecule has 0 amide bonds. The van der Waals surface area contributed by atoms with Crippen LogP contribution in [0.4, 0.5) is 11.6 Å². The van der Waals surface area contributed by atoms with E-state index in [9.17, 15) is 0 Å². The third kappa shape index (κ3) is 6.72.